The van der Waals surface area contributed by atoms with Gasteiger partial charge in [0.25, 0.3) is 0 Å². The van der Waals surface area contributed by atoms with Crippen molar-refractivity contribution in [3.63, 3.8) is 0 Å². The first kappa shape index (κ1) is 19.2. The van der Waals surface area contributed by atoms with Crippen LogP contribution in [0.1, 0.15) is 11.4 Å². The highest BCUT2D eigenvalue weighted by atomic mass is 19.4. The summed E-state index contributed by atoms with van der Waals surface area (Å²) in [6, 6.07) is 5.34. The molecule has 26 heavy (non-hydrogen) atoms. The lowest BCUT2D eigenvalue weighted by molar-refractivity contribution is -0.386. The Morgan fingerprint density at radius 3 is 2.42 bits per heavy atom. The molecule has 1 N–H and O–H groups in total. The molecule has 0 saturated carbocycles. The van der Waals surface area contributed by atoms with Gasteiger partial charge in [-0.15, -0.1) is 0 Å². The van der Waals surface area contributed by atoms with E-state index in [0.717, 1.165) is 0 Å². The van der Waals surface area contributed by atoms with Crippen LogP contribution >= 0.6 is 0 Å². The second-order valence-corrected chi connectivity index (χ2v) is 5.41. The summed E-state index contributed by atoms with van der Waals surface area (Å²) in [6.07, 6.45) is -4.44. The Balaban J connectivity index is 1.98. The van der Waals surface area contributed by atoms with Gasteiger partial charge in [-0.3, -0.25) is 19.6 Å². The van der Waals surface area contributed by atoms with E-state index >= 15 is 0 Å². The molecule has 0 radical (unpaired) electrons. The lowest BCUT2D eigenvalue weighted by atomic mass is 10.3. The second kappa shape index (κ2) is 7.42. The van der Waals surface area contributed by atoms with Gasteiger partial charge in [0.1, 0.15) is 23.7 Å². The molecule has 0 unspecified atom stereocenters. The van der Waals surface area contributed by atoms with Gasteiger partial charge in [-0.05, 0) is 38.1 Å². The van der Waals surface area contributed by atoms with Crippen molar-refractivity contribution in [2.45, 2.75) is 26.6 Å². The minimum atomic E-state index is -4.44. The standard InChI is InChI=1S/C15H15F3N4O4/c1-9-14(22(24)25)10(2)21(20-9)7-13(23)19-11-3-5-12(6-4-11)26-8-15(16,17)18/h3-6H,7-8H2,1-2H3,(H,19,23). The lowest BCUT2D eigenvalue weighted by Crippen LogP contribution is -2.20. The topological polar surface area (TPSA) is 99.3 Å². The van der Waals surface area contributed by atoms with Crippen LogP contribution in [0.5, 0.6) is 5.75 Å². The first-order chi connectivity index (χ1) is 12.1. The summed E-state index contributed by atoms with van der Waals surface area (Å²) in [5, 5.41) is 17.4. The maximum absolute atomic E-state index is 12.1. The average molecular weight is 372 g/mol. The van der Waals surface area contributed by atoms with Crippen molar-refractivity contribution in [1.29, 1.82) is 0 Å². The maximum atomic E-state index is 12.1. The van der Waals surface area contributed by atoms with Crippen LogP contribution in [-0.2, 0) is 11.3 Å². The quantitative estimate of drug-likeness (QED) is 0.621. The van der Waals surface area contributed by atoms with E-state index in [1.165, 1.54) is 42.8 Å². The summed E-state index contributed by atoms with van der Waals surface area (Å²) in [7, 11) is 0. The van der Waals surface area contributed by atoms with Crippen LogP contribution in [0.3, 0.4) is 0 Å². The van der Waals surface area contributed by atoms with Gasteiger partial charge in [-0.25, -0.2) is 0 Å². The number of halogens is 3. The number of nitrogens with zero attached hydrogens (tertiary/aromatic N) is 3. The summed E-state index contributed by atoms with van der Waals surface area (Å²) in [5.74, 6) is -0.482. The van der Waals surface area contributed by atoms with Crippen LogP contribution in [0, 0.1) is 24.0 Å². The molecule has 0 aliphatic carbocycles. The first-order valence-corrected chi connectivity index (χ1v) is 7.34. The molecule has 1 aromatic heterocycles. The van der Waals surface area contributed by atoms with Crippen molar-refractivity contribution in [3.8, 4) is 5.75 Å². The number of ether oxygens (including phenoxy) is 1. The molecule has 8 nitrogen and oxygen atoms in total. The van der Waals surface area contributed by atoms with Gasteiger partial charge < -0.3 is 10.1 Å². The van der Waals surface area contributed by atoms with Crippen LogP contribution in [0.25, 0.3) is 0 Å². The van der Waals surface area contributed by atoms with Crippen LogP contribution in [0.4, 0.5) is 24.5 Å². The van der Waals surface area contributed by atoms with Crippen LogP contribution in [-0.4, -0.2) is 33.4 Å². The molecule has 0 saturated heterocycles. The van der Waals surface area contributed by atoms with E-state index in [9.17, 15) is 28.1 Å². The van der Waals surface area contributed by atoms with Crippen LogP contribution in [0.2, 0.25) is 0 Å². The zero-order chi connectivity index (χ0) is 19.5. The van der Waals surface area contributed by atoms with Gasteiger partial charge in [-0.2, -0.15) is 18.3 Å². The SMILES string of the molecule is Cc1nn(CC(=O)Nc2ccc(OCC(F)(F)F)cc2)c(C)c1[N+](=O)[O-]. The van der Waals surface area contributed by atoms with Gasteiger partial charge in [0, 0.05) is 5.69 Å². The highest BCUT2D eigenvalue weighted by Gasteiger charge is 2.28. The number of hydrogen-bond donors (Lipinski definition) is 1. The van der Waals surface area contributed by atoms with Crippen molar-refractivity contribution in [1.82, 2.24) is 9.78 Å². The zero-order valence-electron chi connectivity index (χ0n) is 13.8. The Bertz CT molecular complexity index is 816. The molecular formula is C15H15F3N4O4. The molecular weight excluding hydrogens is 357 g/mol. The Hall–Kier alpha value is -3.11. The van der Waals surface area contributed by atoms with E-state index in [-0.39, 0.29) is 29.4 Å². The number of hydrogen-bond acceptors (Lipinski definition) is 5. The summed E-state index contributed by atoms with van der Waals surface area (Å²) in [6.45, 7) is 1.31. The molecule has 0 aliphatic rings. The Morgan fingerprint density at radius 1 is 1.31 bits per heavy atom. The molecule has 0 spiro atoms. The van der Waals surface area contributed by atoms with Crippen molar-refractivity contribution < 1.29 is 27.6 Å². The number of anilines is 1. The number of aryl methyl sites for hydroxylation is 1. The van der Waals surface area contributed by atoms with Crippen LogP contribution in [0.15, 0.2) is 24.3 Å². The van der Waals surface area contributed by atoms with Gasteiger partial charge >= 0.3 is 11.9 Å². The highest BCUT2D eigenvalue weighted by Crippen LogP contribution is 2.22. The number of carbonyl (C=O) groups is 1. The van der Waals surface area contributed by atoms with E-state index in [4.69, 9.17) is 0 Å². The predicted molar refractivity (Wildman–Crippen MR) is 85.0 cm³/mol. The molecule has 1 aromatic carbocycles. The second-order valence-electron chi connectivity index (χ2n) is 5.41. The minimum absolute atomic E-state index is 0.00879. The molecule has 0 bridgehead atoms. The van der Waals surface area contributed by atoms with Crippen LogP contribution < -0.4 is 10.1 Å². The smallest absolute Gasteiger partial charge is 0.422 e. The Morgan fingerprint density at radius 2 is 1.92 bits per heavy atom. The zero-order valence-corrected chi connectivity index (χ0v) is 13.8. The van der Waals surface area contributed by atoms with E-state index in [1.54, 1.807) is 0 Å². The summed E-state index contributed by atoms with van der Waals surface area (Å²) >= 11 is 0. The number of benzene rings is 1. The largest absolute Gasteiger partial charge is 0.484 e. The van der Waals surface area contributed by atoms with Gasteiger partial charge in [0.2, 0.25) is 5.91 Å². The predicted octanol–water partition coefficient (Wildman–Crippen LogP) is 2.99. The molecule has 2 rings (SSSR count). The van der Waals surface area contributed by atoms with Gasteiger partial charge in [0.05, 0.1) is 4.92 Å². The fourth-order valence-corrected chi connectivity index (χ4v) is 2.24. The fourth-order valence-electron chi connectivity index (χ4n) is 2.24. The highest BCUT2D eigenvalue weighted by molar-refractivity contribution is 5.90. The Labute approximate surface area is 145 Å². The third kappa shape index (κ3) is 4.94. The minimum Gasteiger partial charge on any atom is -0.484 e. The Kier molecular flexibility index (Phi) is 5.48. The average Bonchev–Trinajstić information content (AvgIpc) is 2.79. The van der Waals surface area contributed by atoms with Gasteiger partial charge in [-0.1, -0.05) is 0 Å². The van der Waals surface area contributed by atoms with Crippen molar-refractivity contribution in [2.75, 3.05) is 11.9 Å². The maximum Gasteiger partial charge on any atom is 0.422 e. The molecule has 0 fully saturated rings. The fraction of sp³-hybridized carbons (Fsp3) is 0.333. The van der Waals surface area contributed by atoms with E-state index < -0.39 is 23.6 Å². The molecule has 11 heteroatoms. The van der Waals surface area contributed by atoms with Crippen molar-refractivity contribution in [2.24, 2.45) is 0 Å². The molecule has 140 valence electrons. The number of amides is 1. The van der Waals surface area contributed by atoms with Gasteiger partial charge in [0.15, 0.2) is 6.61 Å². The molecule has 0 atom stereocenters. The number of nitro groups is 1. The molecule has 1 amide bonds. The first-order valence-electron chi connectivity index (χ1n) is 7.34. The van der Waals surface area contributed by atoms with E-state index in [2.05, 4.69) is 15.2 Å². The number of aromatic nitrogens is 2. The summed E-state index contributed by atoms with van der Waals surface area (Å²) in [5.41, 5.74) is 0.638. The molecule has 2 aromatic rings. The third-order valence-corrected chi connectivity index (χ3v) is 3.36. The normalized spacial score (nSPS) is 11.3. The monoisotopic (exact) mass is 372 g/mol. The summed E-state index contributed by atoms with van der Waals surface area (Å²) < 4.78 is 42.0. The van der Waals surface area contributed by atoms with E-state index in [1.807, 2.05) is 0 Å². The molecule has 1 heterocycles. The van der Waals surface area contributed by atoms with E-state index in [0.29, 0.717) is 5.69 Å². The van der Waals surface area contributed by atoms with Crippen molar-refractivity contribution in [3.05, 3.63) is 45.8 Å². The summed E-state index contributed by atoms with van der Waals surface area (Å²) in [4.78, 5) is 22.4. The third-order valence-electron chi connectivity index (χ3n) is 3.36. The number of alkyl halides is 3. The lowest BCUT2D eigenvalue weighted by Gasteiger charge is -2.10. The number of nitrogens with one attached hydrogen (secondary N) is 1. The number of carbonyl (C=O) groups excluding carboxylic acids is 1. The van der Waals surface area contributed by atoms with Crippen molar-refractivity contribution >= 4 is 17.3 Å². The molecule has 0 aliphatic heterocycles. The number of rotatable bonds is 6.